The minimum absolute atomic E-state index is 0.00773. The third-order valence-electron chi connectivity index (χ3n) is 22.8. The van der Waals surface area contributed by atoms with Gasteiger partial charge in [0.2, 0.25) is 0 Å². The molecule has 19 atom stereocenters. The lowest BCUT2D eigenvalue weighted by atomic mass is 9.84. The molecule has 26 heteroatoms. The van der Waals surface area contributed by atoms with Gasteiger partial charge in [-0.25, -0.2) is 4.57 Å². The summed E-state index contributed by atoms with van der Waals surface area (Å²) in [5.41, 5.74) is 0. The average molecular weight is 1680 g/mol. The van der Waals surface area contributed by atoms with Crippen LogP contribution in [0.1, 0.15) is 388 Å². The Balaban J connectivity index is 1.93. The summed E-state index contributed by atoms with van der Waals surface area (Å²) in [6.07, 6.45) is 26.2. The van der Waals surface area contributed by atoms with Crippen LogP contribution in [0.15, 0.2) is 24.3 Å². The van der Waals surface area contributed by atoms with E-state index in [2.05, 4.69) is 58.9 Å². The first kappa shape index (κ1) is 107. The molecule has 0 amide bonds. The molecule has 3 rings (SSSR count). The number of hydrogen-bond donors (Lipinski definition) is 10. The Morgan fingerprint density at radius 1 is 0.362 bits per heavy atom. The molecule has 680 valence electrons. The molecule has 2 aliphatic heterocycles. The van der Waals surface area contributed by atoms with E-state index >= 15 is 0 Å². The van der Waals surface area contributed by atoms with Gasteiger partial charge in [0.05, 0.1) is 13.2 Å². The number of aliphatic hydroxyl groups excluding tert-OH is 9. The summed E-state index contributed by atoms with van der Waals surface area (Å²) < 4.78 is 73.4. The number of carbonyl (C=O) groups is 4. The number of unbranched alkanes of at least 4 members (excludes halogenated alkanes) is 42. The normalized spacial score (nSPS) is 25.5. The van der Waals surface area contributed by atoms with Crippen LogP contribution in [0.2, 0.25) is 0 Å². The van der Waals surface area contributed by atoms with E-state index in [0.29, 0.717) is 38.0 Å². The van der Waals surface area contributed by atoms with Crippen LogP contribution < -0.4 is 0 Å². The maximum Gasteiger partial charge on any atom is 0.472 e. The fourth-order valence-corrected chi connectivity index (χ4v) is 16.3. The molecule has 0 aromatic rings. The fourth-order valence-electron chi connectivity index (χ4n) is 15.3. The SMILES string of the molecule is CCCCCC/C=C\CCCCCCCCCC(=O)OCC1OC(OC2C(OC(=O)CCCCC/C=C\CCCCCCCC)C(O)C(O)C(OC3OC(CO)C(O)C(O)C3O)C2OP(=O)(O)OCC(COC(=O)CCCCCCCCCCCCCCC)OC(=O)CCCCCCCCC(C)CCCCCCCC)C(O)C(O)C1O. The highest BCUT2D eigenvalue weighted by Crippen LogP contribution is 2.49. The first-order valence-electron chi connectivity index (χ1n) is 46.5. The zero-order chi connectivity index (χ0) is 84.8. The van der Waals surface area contributed by atoms with E-state index in [-0.39, 0.29) is 32.1 Å². The Morgan fingerprint density at radius 3 is 1.13 bits per heavy atom. The molecule has 0 bridgehead atoms. The molecule has 0 spiro atoms. The van der Waals surface area contributed by atoms with E-state index in [9.17, 15) is 74.6 Å². The standard InChI is InChI=1S/C90H165O25P/c1-6-10-14-18-22-25-28-31-32-35-37-40-43-50-56-62-74(93)107-68-72-78(97)80(99)84(103)90(111-72)114-87-85(112-76(95)64-58-51-44-41-38-34-30-27-24-20-16-12-8-3)81(100)82(101)86(113-89-83(102)79(98)77(96)71(65-91)110-89)88(87)115-116(104,105)108-67-70(66-106-73(92)61-55-49-42-39-36-33-29-26-23-19-15-11-7-2)109-75(94)63-57-52-46-45-48-54-60-69(5)59-53-47-21-17-13-9-4/h25,28,34,38,69-72,77-91,96-103H,6-24,26-27,29-33,35-37,39-68H2,1-5H3,(H,104,105)/b28-25-,38-34-. The molecule has 1 saturated carbocycles. The second-order valence-corrected chi connectivity index (χ2v) is 34.8. The van der Waals surface area contributed by atoms with Gasteiger partial charge in [0, 0.05) is 25.7 Å². The monoisotopic (exact) mass is 1680 g/mol. The Hall–Kier alpha value is -3.05. The number of ether oxygens (including phenoxy) is 8. The van der Waals surface area contributed by atoms with E-state index in [1.165, 1.54) is 148 Å². The summed E-state index contributed by atoms with van der Waals surface area (Å²) in [5.74, 6) is -2.32. The van der Waals surface area contributed by atoms with Gasteiger partial charge in [-0.3, -0.25) is 28.2 Å². The quantitative estimate of drug-likeness (QED) is 0.00889. The number of rotatable bonds is 74. The van der Waals surface area contributed by atoms with Crippen LogP contribution >= 0.6 is 7.82 Å². The molecular weight excluding hydrogens is 1510 g/mol. The molecule has 0 aromatic heterocycles. The highest BCUT2D eigenvalue weighted by atomic mass is 31.2. The third kappa shape index (κ3) is 48.7. The lowest BCUT2D eigenvalue weighted by molar-refractivity contribution is -0.360. The summed E-state index contributed by atoms with van der Waals surface area (Å²) in [6.45, 7) is 7.88. The van der Waals surface area contributed by atoms with Gasteiger partial charge < -0.3 is 88.7 Å². The second-order valence-electron chi connectivity index (χ2n) is 33.4. The van der Waals surface area contributed by atoms with Gasteiger partial charge in [-0.15, -0.1) is 0 Å². The number of carbonyl (C=O) groups excluding carboxylic acids is 4. The number of phosphoric ester groups is 1. The van der Waals surface area contributed by atoms with Crippen LogP contribution in [0.3, 0.4) is 0 Å². The lowest BCUT2D eigenvalue weighted by Gasteiger charge is -2.50. The highest BCUT2D eigenvalue weighted by molar-refractivity contribution is 7.47. The summed E-state index contributed by atoms with van der Waals surface area (Å²) in [4.78, 5) is 66.4. The van der Waals surface area contributed by atoms with E-state index in [4.69, 9.17) is 46.9 Å². The van der Waals surface area contributed by atoms with Crippen LogP contribution in [0.25, 0.3) is 0 Å². The summed E-state index contributed by atoms with van der Waals surface area (Å²) >= 11 is 0. The summed E-state index contributed by atoms with van der Waals surface area (Å²) in [6, 6.07) is 0. The second kappa shape index (κ2) is 68.4. The first-order chi connectivity index (χ1) is 56.1. The Morgan fingerprint density at radius 2 is 0.698 bits per heavy atom. The van der Waals surface area contributed by atoms with Crippen LogP contribution in [0.5, 0.6) is 0 Å². The number of allylic oxidation sites excluding steroid dienone is 4. The van der Waals surface area contributed by atoms with Crippen molar-refractivity contribution in [1.29, 1.82) is 0 Å². The molecule has 1 aliphatic carbocycles. The van der Waals surface area contributed by atoms with Crippen LogP contribution in [-0.4, -0.2) is 205 Å². The molecule has 0 radical (unpaired) electrons. The molecule has 0 aromatic carbocycles. The molecule has 19 unspecified atom stereocenters. The predicted molar refractivity (Wildman–Crippen MR) is 449 cm³/mol. The average Bonchev–Trinajstić information content (AvgIpc) is 0.753. The van der Waals surface area contributed by atoms with Crippen molar-refractivity contribution in [3.05, 3.63) is 24.3 Å². The van der Waals surface area contributed by atoms with E-state index < -0.39 is 162 Å². The molecule has 3 aliphatic rings. The van der Waals surface area contributed by atoms with Gasteiger partial charge in [0.15, 0.2) is 24.8 Å². The van der Waals surface area contributed by atoms with Crippen LogP contribution in [0, 0.1) is 5.92 Å². The molecule has 116 heavy (non-hydrogen) atoms. The first-order valence-corrected chi connectivity index (χ1v) is 48.0. The van der Waals surface area contributed by atoms with Crippen molar-refractivity contribution >= 4 is 31.7 Å². The van der Waals surface area contributed by atoms with Crippen LogP contribution in [-0.2, 0) is 70.7 Å². The van der Waals surface area contributed by atoms with Gasteiger partial charge in [-0.05, 0) is 83.0 Å². The number of phosphoric acid groups is 1. The van der Waals surface area contributed by atoms with Gasteiger partial charge in [-0.1, -0.05) is 309 Å². The summed E-state index contributed by atoms with van der Waals surface area (Å²) in [5, 5.41) is 102. The molecule has 2 heterocycles. The maximum absolute atomic E-state index is 14.9. The van der Waals surface area contributed by atoms with E-state index in [1.807, 2.05) is 0 Å². The minimum Gasteiger partial charge on any atom is -0.463 e. The van der Waals surface area contributed by atoms with E-state index in [1.54, 1.807) is 0 Å². The number of hydrogen-bond acceptors (Lipinski definition) is 24. The third-order valence-corrected chi connectivity index (χ3v) is 23.8. The molecule has 3 fully saturated rings. The fraction of sp³-hybridized carbons (Fsp3) is 0.911. The Labute approximate surface area is 698 Å². The zero-order valence-electron chi connectivity index (χ0n) is 72.5. The van der Waals surface area contributed by atoms with Gasteiger partial charge >= 0.3 is 31.7 Å². The predicted octanol–water partition coefficient (Wildman–Crippen LogP) is 16.8. The lowest BCUT2D eigenvalue weighted by Crippen LogP contribution is -2.70. The van der Waals surface area contributed by atoms with Crippen molar-refractivity contribution in [2.45, 2.75) is 492 Å². The van der Waals surface area contributed by atoms with E-state index in [0.717, 1.165) is 141 Å². The van der Waals surface area contributed by atoms with Crippen molar-refractivity contribution in [3.63, 3.8) is 0 Å². The van der Waals surface area contributed by atoms with Crippen molar-refractivity contribution in [2.75, 3.05) is 26.4 Å². The topological polar surface area (TPSA) is 380 Å². The Bertz CT molecular complexity index is 2530. The molecular formula is C90H165O25P. The van der Waals surface area contributed by atoms with Crippen LogP contribution in [0.4, 0.5) is 0 Å². The van der Waals surface area contributed by atoms with Crippen molar-refractivity contribution in [1.82, 2.24) is 0 Å². The van der Waals surface area contributed by atoms with Gasteiger partial charge in [0.1, 0.15) is 92.6 Å². The summed E-state index contributed by atoms with van der Waals surface area (Å²) in [7, 11) is -5.81. The number of esters is 4. The molecule has 2 saturated heterocycles. The zero-order valence-corrected chi connectivity index (χ0v) is 73.4. The number of aliphatic hydroxyl groups is 9. The van der Waals surface area contributed by atoms with Gasteiger partial charge in [-0.2, -0.15) is 0 Å². The Kier molecular flexibility index (Phi) is 63.2. The van der Waals surface area contributed by atoms with Gasteiger partial charge in [0.25, 0.3) is 0 Å². The minimum atomic E-state index is -5.81. The largest absolute Gasteiger partial charge is 0.472 e. The molecule has 10 N–H and O–H groups in total. The highest BCUT2D eigenvalue weighted by Gasteiger charge is 2.60. The van der Waals surface area contributed by atoms with Crippen molar-refractivity contribution < 1.29 is 122 Å². The maximum atomic E-state index is 14.9. The van der Waals surface area contributed by atoms with Crippen molar-refractivity contribution in [3.8, 4) is 0 Å². The van der Waals surface area contributed by atoms with Crippen molar-refractivity contribution in [2.24, 2.45) is 5.92 Å². The molecule has 25 nitrogen and oxygen atoms in total. The smallest absolute Gasteiger partial charge is 0.463 e.